The van der Waals surface area contributed by atoms with Crippen LogP contribution in [0, 0.1) is 5.92 Å². The van der Waals surface area contributed by atoms with Crippen molar-refractivity contribution in [3.8, 4) is 0 Å². The molecule has 1 heterocycles. The molecule has 1 aromatic rings. The van der Waals surface area contributed by atoms with Crippen LogP contribution in [0.3, 0.4) is 0 Å². The van der Waals surface area contributed by atoms with E-state index in [2.05, 4.69) is 42.6 Å². The van der Waals surface area contributed by atoms with E-state index in [9.17, 15) is 0 Å². The van der Waals surface area contributed by atoms with Crippen LogP contribution in [-0.4, -0.2) is 16.1 Å². The maximum Gasteiger partial charge on any atom is 0.0857 e. The summed E-state index contributed by atoms with van der Waals surface area (Å²) in [5.74, 6) is 0.790. The molecule has 0 bridgehead atoms. The first-order valence-corrected chi connectivity index (χ1v) is 7.37. The molecule has 1 saturated carbocycles. The molecule has 1 fully saturated rings. The van der Waals surface area contributed by atoms with Gasteiger partial charge < -0.3 is 5.32 Å². The molecule has 3 nitrogen and oxygen atoms in total. The molecule has 0 aromatic carbocycles. The molecule has 17 heavy (non-hydrogen) atoms. The third kappa shape index (κ3) is 2.68. The Kier molecular flexibility index (Phi) is 3.83. The summed E-state index contributed by atoms with van der Waals surface area (Å²) in [5.41, 5.74) is 1.28. The summed E-state index contributed by atoms with van der Waals surface area (Å²) in [4.78, 5) is 1.36. The zero-order chi connectivity index (χ0) is 12.5. The highest BCUT2D eigenvalue weighted by Gasteiger charge is 2.34. The number of hydrogen-bond donors (Lipinski definition) is 1. The summed E-state index contributed by atoms with van der Waals surface area (Å²) in [7, 11) is 0. The Morgan fingerprint density at radius 3 is 2.59 bits per heavy atom. The number of nitrogens with zero attached hydrogens (tertiary/aromatic N) is 2. The van der Waals surface area contributed by atoms with E-state index in [0.717, 1.165) is 12.5 Å². The molecule has 1 atom stereocenters. The molecular formula is C13H23N3S. The van der Waals surface area contributed by atoms with Crippen LogP contribution in [0.15, 0.2) is 0 Å². The Bertz CT molecular complexity index is 363. The molecule has 1 N–H and O–H groups in total. The van der Waals surface area contributed by atoms with Crippen molar-refractivity contribution >= 4 is 11.5 Å². The van der Waals surface area contributed by atoms with Crippen molar-refractivity contribution in [1.82, 2.24) is 14.9 Å². The van der Waals surface area contributed by atoms with Gasteiger partial charge in [-0.2, -0.15) is 0 Å². The fraction of sp³-hybridized carbons (Fsp3) is 0.846. The normalized spacial score (nSPS) is 19.1. The quantitative estimate of drug-likeness (QED) is 0.895. The van der Waals surface area contributed by atoms with Gasteiger partial charge in [0.25, 0.3) is 0 Å². The predicted octanol–water partition coefficient (Wildman–Crippen LogP) is 3.29. The summed E-state index contributed by atoms with van der Waals surface area (Å²) < 4.78 is 4.18. The Balaban J connectivity index is 2.26. The third-order valence-electron chi connectivity index (χ3n) is 3.55. The number of hydrogen-bond acceptors (Lipinski definition) is 4. The summed E-state index contributed by atoms with van der Waals surface area (Å²) >= 11 is 1.58. The van der Waals surface area contributed by atoms with Crippen LogP contribution in [0.1, 0.15) is 63.6 Å². The standard InChI is InChI=1S/C13H23N3S/c1-5-14-10(9-7-6-8-9)11-12(13(2,3)4)15-16-17-11/h9-10,14H,5-8H2,1-4H3. The van der Waals surface area contributed by atoms with Crippen molar-refractivity contribution in [2.45, 2.75) is 58.4 Å². The molecule has 0 aliphatic heterocycles. The van der Waals surface area contributed by atoms with Gasteiger partial charge in [0, 0.05) is 11.5 Å². The molecule has 96 valence electrons. The zero-order valence-corrected chi connectivity index (χ0v) is 12.1. The highest BCUT2D eigenvalue weighted by atomic mass is 32.1. The van der Waals surface area contributed by atoms with Gasteiger partial charge in [0.15, 0.2) is 0 Å². The fourth-order valence-electron chi connectivity index (χ4n) is 2.39. The number of rotatable bonds is 4. The van der Waals surface area contributed by atoms with Gasteiger partial charge >= 0.3 is 0 Å². The van der Waals surface area contributed by atoms with Gasteiger partial charge in [0.1, 0.15) is 0 Å². The van der Waals surface area contributed by atoms with E-state index in [1.165, 1.54) is 29.8 Å². The molecular weight excluding hydrogens is 230 g/mol. The van der Waals surface area contributed by atoms with E-state index in [4.69, 9.17) is 0 Å². The lowest BCUT2D eigenvalue weighted by Crippen LogP contribution is -2.33. The van der Waals surface area contributed by atoms with Crippen LogP contribution < -0.4 is 5.32 Å². The Labute approximate surface area is 108 Å². The van der Waals surface area contributed by atoms with E-state index in [1.54, 1.807) is 11.5 Å². The first-order chi connectivity index (χ1) is 8.04. The van der Waals surface area contributed by atoms with Crippen LogP contribution in [-0.2, 0) is 5.41 Å². The summed E-state index contributed by atoms with van der Waals surface area (Å²) in [6, 6.07) is 0.475. The minimum atomic E-state index is 0.0970. The van der Waals surface area contributed by atoms with Crippen molar-refractivity contribution in [1.29, 1.82) is 0 Å². The fourth-order valence-corrected chi connectivity index (χ4v) is 3.42. The van der Waals surface area contributed by atoms with Crippen LogP contribution in [0.2, 0.25) is 0 Å². The predicted molar refractivity (Wildman–Crippen MR) is 72.4 cm³/mol. The molecule has 1 unspecified atom stereocenters. The van der Waals surface area contributed by atoms with Gasteiger partial charge in [-0.05, 0) is 36.8 Å². The smallest absolute Gasteiger partial charge is 0.0857 e. The van der Waals surface area contributed by atoms with E-state index >= 15 is 0 Å². The number of nitrogens with one attached hydrogen (secondary N) is 1. The first-order valence-electron chi connectivity index (χ1n) is 6.60. The lowest BCUT2D eigenvalue weighted by atomic mass is 9.77. The maximum atomic E-state index is 4.36. The van der Waals surface area contributed by atoms with Crippen LogP contribution >= 0.6 is 11.5 Å². The van der Waals surface area contributed by atoms with Crippen molar-refractivity contribution in [3.63, 3.8) is 0 Å². The minimum Gasteiger partial charge on any atom is -0.309 e. The van der Waals surface area contributed by atoms with Crippen molar-refractivity contribution in [3.05, 3.63) is 10.6 Å². The monoisotopic (exact) mass is 253 g/mol. The topological polar surface area (TPSA) is 37.8 Å². The lowest BCUT2D eigenvalue weighted by molar-refractivity contribution is 0.233. The van der Waals surface area contributed by atoms with E-state index in [1.807, 2.05) is 0 Å². The molecule has 2 rings (SSSR count). The van der Waals surface area contributed by atoms with Gasteiger partial charge in [-0.1, -0.05) is 38.6 Å². The summed E-state index contributed by atoms with van der Waals surface area (Å²) in [5, 5.41) is 7.99. The highest BCUT2D eigenvalue weighted by molar-refractivity contribution is 7.05. The zero-order valence-electron chi connectivity index (χ0n) is 11.3. The van der Waals surface area contributed by atoms with Crippen LogP contribution in [0.5, 0.6) is 0 Å². The molecule has 4 heteroatoms. The molecule has 0 amide bonds. The van der Waals surface area contributed by atoms with Crippen molar-refractivity contribution in [2.24, 2.45) is 5.92 Å². The Morgan fingerprint density at radius 1 is 1.41 bits per heavy atom. The lowest BCUT2D eigenvalue weighted by Gasteiger charge is -2.34. The highest BCUT2D eigenvalue weighted by Crippen LogP contribution is 2.41. The summed E-state index contributed by atoms with van der Waals surface area (Å²) in [6.45, 7) is 9.85. The molecule has 0 saturated heterocycles. The Morgan fingerprint density at radius 2 is 2.12 bits per heavy atom. The van der Waals surface area contributed by atoms with Gasteiger partial charge in [-0.15, -0.1) is 5.10 Å². The maximum absolute atomic E-state index is 4.36. The van der Waals surface area contributed by atoms with E-state index in [0.29, 0.717) is 6.04 Å². The van der Waals surface area contributed by atoms with Crippen LogP contribution in [0.4, 0.5) is 0 Å². The van der Waals surface area contributed by atoms with Crippen LogP contribution in [0.25, 0.3) is 0 Å². The van der Waals surface area contributed by atoms with E-state index in [-0.39, 0.29) is 5.41 Å². The second kappa shape index (κ2) is 5.02. The second-order valence-corrected chi connectivity index (χ2v) is 6.75. The number of aromatic nitrogens is 2. The summed E-state index contributed by atoms with van der Waals surface area (Å²) in [6.07, 6.45) is 4.07. The third-order valence-corrected chi connectivity index (χ3v) is 4.36. The van der Waals surface area contributed by atoms with Gasteiger partial charge in [0.2, 0.25) is 0 Å². The Hall–Kier alpha value is -0.480. The molecule has 0 radical (unpaired) electrons. The van der Waals surface area contributed by atoms with Crippen molar-refractivity contribution in [2.75, 3.05) is 6.54 Å². The minimum absolute atomic E-state index is 0.0970. The van der Waals surface area contributed by atoms with E-state index < -0.39 is 0 Å². The second-order valence-electron chi connectivity index (χ2n) is 5.96. The molecule has 0 spiro atoms. The van der Waals surface area contributed by atoms with Gasteiger partial charge in [0.05, 0.1) is 10.6 Å². The average molecular weight is 253 g/mol. The average Bonchev–Trinajstić information content (AvgIpc) is 2.61. The first kappa shape index (κ1) is 13.0. The van der Waals surface area contributed by atoms with Crippen molar-refractivity contribution < 1.29 is 0 Å². The largest absolute Gasteiger partial charge is 0.309 e. The van der Waals surface area contributed by atoms with Gasteiger partial charge in [-0.3, -0.25) is 0 Å². The molecule has 1 aliphatic rings. The SMILES string of the molecule is CCNC(c1snnc1C(C)(C)C)C1CCC1. The van der Waals surface area contributed by atoms with Gasteiger partial charge in [-0.25, -0.2) is 0 Å². The molecule has 1 aliphatic carbocycles. The molecule has 1 aromatic heterocycles.